The average Bonchev–Trinajstić information content (AvgIpc) is 2.25. The molecule has 0 radical (unpaired) electrons. The summed E-state index contributed by atoms with van der Waals surface area (Å²) >= 11 is 0. The number of ether oxygens (including phenoxy) is 2. The highest BCUT2D eigenvalue weighted by Crippen LogP contribution is 2.25. The van der Waals surface area contributed by atoms with Crippen molar-refractivity contribution in [1.82, 2.24) is 5.32 Å². The van der Waals surface area contributed by atoms with Gasteiger partial charge in [0.1, 0.15) is 0 Å². The molecule has 104 valence electrons. The Bertz CT molecular complexity index is 170. The molecule has 2 unspecified atom stereocenters. The van der Waals surface area contributed by atoms with Crippen molar-refractivity contribution in [3.63, 3.8) is 0 Å². The molecule has 17 heavy (non-hydrogen) atoms. The number of rotatable bonds is 9. The van der Waals surface area contributed by atoms with Crippen molar-refractivity contribution in [3.05, 3.63) is 0 Å². The first-order chi connectivity index (χ1) is 7.97. The van der Waals surface area contributed by atoms with Crippen LogP contribution in [0.15, 0.2) is 0 Å². The van der Waals surface area contributed by atoms with Gasteiger partial charge in [-0.05, 0) is 32.2 Å². The zero-order valence-corrected chi connectivity index (χ0v) is 12.5. The van der Waals surface area contributed by atoms with E-state index in [4.69, 9.17) is 9.47 Å². The van der Waals surface area contributed by atoms with Gasteiger partial charge >= 0.3 is 0 Å². The van der Waals surface area contributed by atoms with E-state index in [0.717, 1.165) is 32.8 Å². The second-order valence-electron chi connectivity index (χ2n) is 5.46. The fourth-order valence-corrected chi connectivity index (χ4v) is 1.98. The Labute approximate surface area is 107 Å². The van der Waals surface area contributed by atoms with Crippen LogP contribution < -0.4 is 5.32 Å². The average molecular weight is 245 g/mol. The van der Waals surface area contributed by atoms with Crippen LogP contribution >= 0.6 is 0 Å². The highest BCUT2D eigenvalue weighted by Gasteiger charge is 2.32. The van der Waals surface area contributed by atoms with Crippen molar-refractivity contribution in [1.29, 1.82) is 0 Å². The molecule has 0 aromatic rings. The number of hydrogen-bond donors (Lipinski definition) is 1. The van der Waals surface area contributed by atoms with E-state index in [-0.39, 0.29) is 17.6 Å². The molecule has 0 heterocycles. The summed E-state index contributed by atoms with van der Waals surface area (Å²) in [6, 6.07) is 0.273. The van der Waals surface area contributed by atoms with Gasteiger partial charge < -0.3 is 14.8 Å². The molecular weight excluding hydrogens is 214 g/mol. The van der Waals surface area contributed by atoms with E-state index in [1.807, 2.05) is 6.92 Å². The van der Waals surface area contributed by atoms with Crippen molar-refractivity contribution in [2.45, 2.75) is 60.1 Å². The van der Waals surface area contributed by atoms with Crippen LogP contribution in [0.2, 0.25) is 0 Å². The van der Waals surface area contributed by atoms with Crippen molar-refractivity contribution < 1.29 is 9.47 Å². The minimum absolute atomic E-state index is 0.124. The Morgan fingerprint density at radius 3 is 2.12 bits per heavy atom. The van der Waals surface area contributed by atoms with Crippen LogP contribution in [-0.4, -0.2) is 38.5 Å². The van der Waals surface area contributed by atoms with Gasteiger partial charge in [-0.3, -0.25) is 0 Å². The third-order valence-corrected chi connectivity index (χ3v) is 2.72. The normalized spacial score (nSPS) is 15.9. The summed E-state index contributed by atoms with van der Waals surface area (Å²) in [6.07, 6.45) is 1.32. The van der Waals surface area contributed by atoms with Gasteiger partial charge in [-0.25, -0.2) is 0 Å². The Morgan fingerprint density at radius 2 is 1.71 bits per heavy atom. The fourth-order valence-electron chi connectivity index (χ4n) is 1.98. The molecule has 0 aliphatic rings. The maximum Gasteiger partial charge on any atom is 0.0798 e. The standard InChI is InChI=1S/C14H31NO2/c1-7-10-15-12(11-16-8-2)13(17-9-3)14(4,5)6/h12-13,15H,7-11H2,1-6H3. The first-order valence-electron chi connectivity index (χ1n) is 6.90. The predicted octanol–water partition coefficient (Wildman–Crippen LogP) is 2.84. The Balaban J connectivity index is 4.54. The Kier molecular flexibility index (Phi) is 8.83. The van der Waals surface area contributed by atoms with Gasteiger partial charge in [0, 0.05) is 13.2 Å². The Hall–Kier alpha value is -0.120. The monoisotopic (exact) mass is 245 g/mol. The van der Waals surface area contributed by atoms with E-state index in [1.54, 1.807) is 0 Å². The van der Waals surface area contributed by atoms with E-state index in [0.29, 0.717) is 0 Å². The maximum atomic E-state index is 5.92. The minimum atomic E-state index is 0.124. The van der Waals surface area contributed by atoms with Gasteiger partial charge in [-0.1, -0.05) is 27.7 Å². The van der Waals surface area contributed by atoms with Crippen LogP contribution in [0.1, 0.15) is 48.0 Å². The minimum Gasteiger partial charge on any atom is -0.380 e. The third kappa shape index (κ3) is 7.02. The molecule has 0 aromatic heterocycles. The molecule has 3 heteroatoms. The lowest BCUT2D eigenvalue weighted by atomic mass is 9.84. The van der Waals surface area contributed by atoms with Crippen LogP contribution in [0.5, 0.6) is 0 Å². The molecule has 0 aliphatic carbocycles. The van der Waals surface area contributed by atoms with Crippen molar-refractivity contribution in [3.8, 4) is 0 Å². The summed E-state index contributed by atoms with van der Waals surface area (Å²) in [6.45, 7) is 16.2. The van der Waals surface area contributed by atoms with Gasteiger partial charge in [-0.15, -0.1) is 0 Å². The summed E-state index contributed by atoms with van der Waals surface area (Å²) in [5.74, 6) is 0. The second-order valence-corrected chi connectivity index (χ2v) is 5.46. The SMILES string of the molecule is CCCNC(COCC)C(OCC)C(C)(C)C. The van der Waals surface area contributed by atoms with Crippen molar-refractivity contribution in [2.24, 2.45) is 5.41 Å². The second kappa shape index (κ2) is 8.90. The highest BCUT2D eigenvalue weighted by molar-refractivity contribution is 4.86. The van der Waals surface area contributed by atoms with Gasteiger partial charge in [0.25, 0.3) is 0 Å². The van der Waals surface area contributed by atoms with E-state index in [2.05, 4.69) is 39.9 Å². The molecule has 3 nitrogen and oxygen atoms in total. The predicted molar refractivity (Wildman–Crippen MR) is 73.4 cm³/mol. The van der Waals surface area contributed by atoms with Crippen LogP contribution in [0.25, 0.3) is 0 Å². The lowest BCUT2D eigenvalue weighted by molar-refractivity contribution is -0.0547. The number of nitrogens with one attached hydrogen (secondary N) is 1. The van der Waals surface area contributed by atoms with Crippen LogP contribution in [0.4, 0.5) is 0 Å². The smallest absolute Gasteiger partial charge is 0.0798 e. The zero-order valence-electron chi connectivity index (χ0n) is 12.5. The van der Waals surface area contributed by atoms with Gasteiger partial charge in [0.05, 0.1) is 18.8 Å². The van der Waals surface area contributed by atoms with E-state index in [1.165, 1.54) is 0 Å². The summed E-state index contributed by atoms with van der Waals surface area (Å²) in [5.41, 5.74) is 0.124. The Morgan fingerprint density at radius 1 is 1.06 bits per heavy atom. The summed E-state index contributed by atoms with van der Waals surface area (Å²) in [5, 5.41) is 3.55. The van der Waals surface area contributed by atoms with E-state index < -0.39 is 0 Å². The van der Waals surface area contributed by atoms with E-state index >= 15 is 0 Å². The lowest BCUT2D eigenvalue weighted by Crippen LogP contribution is -2.51. The molecule has 0 aliphatic heterocycles. The lowest BCUT2D eigenvalue weighted by Gasteiger charge is -2.37. The molecule has 0 fully saturated rings. The zero-order chi connectivity index (χ0) is 13.3. The molecule has 1 N–H and O–H groups in total. The maximum absolute atomic E-state index is 5.92. The molecule has 0 spiro atoms. The van der Waals surface area contributed by atoms with E-state index in [9.17, 15) is 0 Å². The van der Waals surface area contributed by atoms with Crippen molar-refractivity contribution >= 4 is 0 Å². The van der Waals surface area contributed by atoms with Crippen LogP contribution in [0, 0.1) is 5.41 Å². The molecular formula is C14H31NO2. The topological polar surface area (TPSA) is 30.5 Å². The molecule has 0 saturated heterocycles. The van der Waals surface area contributed by atoms with Gasteiger partial charge in [0.2, 0.25) is 0 Å². The quantitative estimate of drug-likeness (QED) is 0.677. The first kappa shape index (κ1) is 16.9. The number of hydrogen-bond acceptors (Lipinski definition) is 3. The van der Waals surface area contributed by atoms with Crippen LogP contribution in [-0.2, 0) is 9.47 Å². The van der Waals surface area contributed by atoms with Gasteiger partial charge in [0.15, 0.2) is 0 Å². The molecule has 0 bridgehead atoms. The van der Waals surface area contributed by atoms with Crippen LogP contribution in [0.3, 0.4) is 0 Å². The molecule has 0 aromatic carbocycles. The molecule has 0 rings (SSSR count). The van der Waals surface area contributed by atoms with Gasteiger partial charge in [-0.2, -0.15) is 0 Å². The summed E-state index contributed by atoms with van der Waals surface area (Å²) in [4.78, 5) is 0. The molecule has 0 amide bonds. The molecule has 0 saturated carbocycles. The largest absolute Gasteiger partial charge is 0.380 e. The first-order valence-corrected chi connectivity index (χ1v) is 6.90. The molecule has 2 atom stereocenters. The fraction of sp³-hybridized carbons (Fsp3) is 1.00. The van der Waals surface area contributed by atoms with Crippen molar-refractivity contribution in [2.75, 3.05) is 26.4 Å². The third-order valence-electron chi connectivity index (χ3n) is 2.72. The summed E-state index contributed by atoms with van der Waals surface area (Å²) in [7, 11) is 0. The highest BCUT2D eigenvalue weighted by atomic mass is 16.5. The summed E-state index contributed by atoms with van der Waals surface area (Å²) < 4.78 is 11.5.